The van der Waals surface area contributed by atoms with Crippen molar-refractivity contribution in [2.75, 3.05) is 0 Å². The van der Waals surface area contributed by atoms with Crippen molar-refractivity contribution in [3.8, 4) is 5.75 Å². The molecule has 0 aliphatic heterocycles. The van der Waals surface area contributed by atoms with Gasteiger partial charge in [-0.1, -0.05) is 41.4 Å². The lowest BCUT2D eigenvalue weighted by atomic mass is 9.80. The van der Waals surface area contributed by atoms with Gasteiger partial charge in [0.05, 0.1) is 15.6 Å². The fourth-order valence-electron chi connectivity index (χ4n) is 1.52. The summed E-state index contributed by atoms with van der Waals surface area (Å²) >= 11 is 11.8. The van der Waals surface area contributed by atoms with Crippen molar-refractivity contribution >= 4 is 41.8 Å². The third-order valence-corrected chi connectivity index (χ3v) is 3.15. The summed E-state index contributed by atoms with van der Waals surface area (Å²) in [7, 11) is -1.59. The Bertz CT molecular complexity index is 609. The molecule has 0 radical (unpaired) electrons. The van der Waals surface area contributed by atoms with Gasteiger partial charge in [0.2, 0.25) is 0 Å². The maximum Gasteiger partial charge on any atom is 0.488 e. The van der Waals surface area contributed by atoms with Crippen molar-refractivity contribution in [2.24, 2.45) is 0 Å². The summed E-state index contributed by atoms with van der Waals surface area (Å²) in [5, 5.41) is 18.4. The van der Waals surface area contributed by atoms with Crippen molar-refractivity contribution in [3.05, 3.63) is 58.1 Å². The van der Waals surface area contributed by atoms with Crippen molar-refractivity contribution < 1.29 is 19.6 Å². The zero-order valence-electron chi connectivity index (χ0n) is 10.1. The van der Waals surface area contributed by atoms with Crippen molar-refractivity contribution in [1.82, 2.24) is 0 Å². The third kappa shape index (κ3) is 3.32. The second kappa shape index (κ2) is 6.28. The first-order valence-corrected chi connectivity index (χ1v) is 6.37. The molecular weight excluding hydrogens is 302 g/mol. The Morgan fingerprint density at radius 1 is 1.00 bits per heavy atom. The van der Waals surface area contributed by atoms with Crippen LogP contribution in [0.4, 0.5) is 0 Å². The van der Waals surface area contributed by atoms with Crippen molar-refractivity contribution in [2.45, 2.75) is 0 Å². The Labute approximate surface area is 125 Å². The van der Waals surface area contributed by atoms with Gasteiger partial charge in [-0.25, -0.2) is 4.79 Å². The molecule has 4 nitrogen and oxygen atoms in total. The van der Waals surface area contributed by atoms with E-state index in [0.29, 0.717) is 0 Å². The molecule has 0 aliphatic carbocycles. The summed E-state index contributed by atoms with van der Waals surface area (Å²) < 4.78 is 5.13. The van der Waals surface area contributed by atoms with E-state index in [4.69, 9.17) is 38.0 Å². The van der Waals surface area contributed by atoms with E-state index in [1.54, 1.807) is 18.2 Å². The van der Waals surface area contributed by atoms with E-state index in [9.17, 15) is 4.79 Å². The Morgan fingerprint density at radius 3 is 2.05 bits per heavy atom. The molecule has 2 N–H and O–H groups in total. The molecule has 2 rings (SSSR count). The predicted molar refractivity (Wildman–Crippen MR) is 77.7 cm³/mol. The molecular formula is C13H9BCl2O4. The van der Waals surface area contributed by atoms with Crippen LogP contribution in [0.1, 0.15) is 10.4 Å². The summed E-state index contributed by atoms with van der Waals surface area (Å²) in [5.74, 6) is -0.550. The number of rotatable bonds is 3. The van der Waals surface area contributed by atoms with Gasteiger partial charge >= 0.3 is 13.1 Å². The number of carbonyl (C=O) groups excluding carboxylic acids is 1. The monoisotopic (exact) mass is 310 g/mol. The molecule has 0 fully saturated rings. The standard InChI is InChI=1S/C13H9BCl2O4/c15-10-2-1-3-11(16)12(10)20-13(17)8-4-6-9(7-5-8)14(18)19/h1-7,18-19H. The molecule has 2 aromatic carbocycles. The van der Waals surface area contributed by atoms with Crippen LogP contribution < -0.4 is 10.2 Å². The molecule has 0 aromatic heterocycles. The largest absolute Gasteiger partial charge is 0.488 e. The second-order valence-corrected chi connectivity index (χ2v) is 4.75. The van der Waals surface area contributed by atoms with Gasteiger partial charge in [0.1, 0.15) is 0 Å². The smallest absolute Gasteiger partial charge is 0.423 e. The number of benzene rings is 2. The van der Waals surface area contributed by atoms with Crippen LogP contribution in [-0.4, -0.2) is 23.1 Å². The van der Waals surface area contributed by atoms with Crippen molar-refractivity contribution in [3.63, 3.8) is 0 Å². The van der Waals surface area contributed by atoms with Crippen LogP contribution in [0.3, 0.4) is 0 Å². The van der Waals surface area contributed by atoms with E-state index in [1.165, 1.54) is 24.3 Å². The van der Waals surface area contributed by atoms with E-state index in [1.807, 2.05) is 0 Å². The van der Waals surface area contributed by atoms with Gasteiger partial charge < -0.3 is 14.8 Å². The number of para-hydroxylation sites is 1. The molecule has 0 saturated carbocycles. The first-order chi connectivity index (χ1) is 9.49. The summed E-state index contributed by atoms with van der Waals surface area (Å²) in [4.78, 5) is 11.9. The predicted octanol–water partition coefficient (Wildman–Crippen LogP) is 1.89. The van der Waals surface area contributed by atoms with Gasteiger partial charge in [0, 0.05) is 0 Å². The molecule has 102 valence electrons. The molecule has 20 heavy (non-hydrogen) atoms. The number of esters is 1. The average molecular weight is 311 g/mol. The quantitative estimate of drug-likeness (QED) is 0.516. The van der Waals surface area contributed by atoms with Gasteiger partial charge in [0.25, 0.3) is 0 Å². The molecule has 0 aliphatic rings. The van der Waals surface area contributed by atoms with E-state index < -0.39 is 13.1 Å². The van der Waals surface area contributed by atoms with Gasteiger partial charge in [-0.3, -0.25) is 0 Å². The summed E-state index contributed by atoms with van der Waals surface area (Å²) in [6.07, 6.45) is 0. The maximum absolute atomic E-state index is 11.9. The van der Waals surface area contributed by atoms with Crippen molar-refractivity contribution in [1.29, 1.82) is 0 Å². The van der Waals surface area contributed by atoms with Gasteiger partial charge in [0.15, 0.2) is 5.75 Å². The molecule has 0 atom stereocenters. The van der Waals surface area contributed by atoms with Gasteiger partial charge in [-0.15, -0.1) is 0 Å². The number of hydrogen-bond acceptors (Lipinski definition) is 4. The van der Waals surface area contributed by atoms with E-state index in [-0.39, 0.29) is 26.8 Å². The minimum Gasteiger partial charge on any atom is -0.423 e. The minimum absolute atomic E-state index is 0.0899. The highest BCUT2D eigenvalue weighted by Crippen LogP contribution is 2.32. The average Bonchev–Trinajstić information content (AvgIpc) is 2.43. The fourth-order valence-corrected chi connectivity index (χ4v) is 2.00. The first kappa shape index (κ1) is 14.9. The Kier molecular flexibility index (Phi) is 4.67. The fraction of sp³-hybridized carbons (Fsp3) is 0. The topological polar surface area (TPSA) is 66.8 Å². The second-order valence-electron chi connectivity index (χ2n) is 3.94. The molecule has 7 heteroatoms. The zero-order valence-corrected chi connectivity index (χ0v) is 11.6. The Hall–Kier alpha value is -1.53. The number of carbonyl (C=O) groups is 1. The number of hydrogen-bond donors (Lipinski definition) is 2. The normalized spacial score (nSPS) is 10.2. The van der Waals surface area contributed by atoms with Crippen LogP contribution in [0.25, 0.3) is 0 Å². The molecule has 2 aromatic rings. The molecule has 0 saturated heterocycles. The summed E-state index contributed by atoms with van der Waals surface area (Å²) in [5.41, 5.74) is 0.516. The van der Waals surface area contributed by atoms with Crippen LogP contribution in [0, 0.1) is 0 Å². The highest BCUT2D eigenvalue weighted by Gasteiger charge is 2.16. The number of halogens is 2. The van der Waals surface area contributed by atoms with Gasteiger partial charge in [-0.2, -0.15) is 0 Å². The molecule has 0 unspecified atom stereocenters. The first-order valence-electron chi connectivity index (χ1n) is 5.61. The van der Waals surface area contributed by atoms with Gasteiger partial charge in [-0.05, 0) is 29.7 Å². The summed E-state index contributed by atoms with van der Waals surface area (Å²) in [6, 6.07) is 10.4. The van der Waals surface area contributed by atoms with Crippen LogP contribution in [0.15, 0.2) is 42.5 Å². The lowest BCUT2D eigenvalue weighted by Gasteiger charge is -2.08. The van der Waals surface area contributed by atoms with E-state index in [2.05, 4.69) is 0 Å². The Balaban J connectivity index is 2.20. The Morgan fingerprint density at radius 2 is 1.55 bits per heavy atom. The van der Waals surface area contributed by atoms with E-state index in [0.717, 1.165) is 0 Å². The van der Waals surface area contributed by atoms with Crippen LogP contribution in [0.2, 0.25) is 10.0 Å². The molecule has 0 bridgehead atoms. The SMILES string of the molecule is O=C(Oc1c(Cl)cccc1Cl)c1ccc(B(O)O)cc1. The third-order valence-electron chi connectivity index (χ3n) is 2.56. The van der Waals surface area contributed by atoms with Crippen LogP contribution >= 0.6 is 23.2 Å². The molecule has 0 spiro atoms. The molecule has 0 amide bonds. The summed E-state index contributed by atoms with van der Waals surface area (Å²) in [6.45, 7) is 0. The highest BCUT2D eigenvalue weighted by molar-refractivity contribution is 6.58. The lowest BCUT2D eigenvalue weighted by molar-refractivity contribution is 0.0735. The minimum atomic E-state index is -1.59. The molecule has 0 heterocycles. The van der Waals surface area contributed by atoms with E-state index >= 15 is 0 Å². The van der Waals surface area contributed by atoms with Crippen LogP contribution in [-0.2, 0) is 0 Å². The van der Waals surface area contributed by atoms with Crippen LogP contribution in [0.5, 0.6) is 5.75 Å². The zero-order chi connectivity index (χ0) is 14.7. The lowest BCUT2D eigenvalue weighted by Crippen LogP contribution is -2.29. The maximum atomic E-state index is 11.9. The highest BCUT2D eigenvalue weighted by atomic mass is 35.5. The number of ether oxygens (including phenoxy) is 1.